The highest BCUT2D eigenvalue weighted by atomic mass is 15.2. The van der Waals surface area contributed by atoms with E-state index in [0.717, 1.165) is 11.3 Å². The van der Waals surface area contributed by atoms with E-state index < -0.39 is 0 Å². The Morgan fingerprint density at radius 2 is 2.15 bits per heavy atom. The van der Waals surface area contributed by atoms with E-state index in [1.165, 1.54) is 0 Å². The molecule has 0 atom stereocenters. The lowest BCUT2D eigenvalue weighted by Crippen LogP contribution is -2.13. The standard InChI is InChI=1S/C9H12N4/c1-12(2)8-5-3-4-7-6-11-9(10)13(7)8/h3-6H,1-2H3,(H2,10,11). The van der Waals surface area contributed by atoms with Crippen molar-refractivity contribution in [1.29, 1.82) is 0 Å². The average Bonchev–Trinajstić information content (AvgIpc) is 2.48. The number of anilines is 2. The maximum Gasteiger partial charge on any atom is 0.206 e. The predicted octanol–water partition coefficient (Wildman–Crippen LogP) is 0.982. The zero-order chi connectivity index (χ0) is 9.42. The minimum absolute atomic E-state index is 0.527. The number of pyridine rings is 1. The van der Waals surface area contributed by atoms with Crippen LogP contribution in [0.15, 0.2) is 24.4 Å². The molecule has 2 N–H and O–H groups in total. The molecular weight excluding hydrogens is 164 g/mol. The van der Waals surface area contributed by atoms with Crippen LogP contribution in [0.25, 0.3) is 5.52 Å². The van der Waals surface area contributed by atoms with E-state index in [-0.39, 0.29) is 0 Å². The second-order valence-electron chi connectivity index (χ2n) is 3.16. The summed E-state index contributed by atoms with van der Waals surface area (Å²) in [4.78, 5) is 6.06. The van der Waals surface area contributed by atoms with Crippen LogP contribution in [0.4, 0.5) is 11.8 Å². The van der Waals surface area contributed by atoms with Gasteiger partial charge in [0.15, 0.2) is 0 Å². The average molecular weight is 176 g/mol. The SMILES string of the molecule is CN(C)c1cccc2cnc(N)n12. The lowest BCUT2D eigenvalue weighted by atomic mass is 10.4. The molecule has 0 aromatic carbocycles. The van der Waals surface area contributed by atoms with E-state index >= 15 is 0 Å². The molecule has 4 nitrogen and oxygen atoms in total. The van der Waals surface area contributed by atoms with Crippen LogP contribution in [-0.4, -0.2) is 23.5 Å². The van der Waals surface area contributed by atoms with Gasteiger partial charge in [-0.05, 0) is 12.1 Å². The first-order chi connectivity index (χ1) is 6.20. The summed E-state index contributed by atoms with van der Waals surface area (Å²) in [5.74, 6) is 1.56. The summed E-state index contributed by atoms with van der Waals surface area (Å²) in [5, 5.41) is 0. The number of nitrogens with two attached hydrogens (primary N) is 1. The van der Waals surface area contributed by atoms with Gasteiger partial charge in [0.05, 0.1) is 11.7 Å². The number of imidazole rings is 1. The smallest absolute Gasteiger partial charge is 0.206 e. The summed E-state index contributed by atoms with van der Waals surface area (Å²) in [6.07, 6.45) is 1.77. The monoisotopic (exact) mass is 176 g/mol. The molecule has 0 radical (unpaired) electrons. The Morgan fingerprint density at radius 1 is 1.38 bits per heavy atom. The molecule has 0 bridgehead atoms. The highest BCUT2D eigenvalue weighted by Crippen LogP contribution is 2.17. The third kappa shape index (κ3) is 1.11. The topological polar surface area (TPSA) is 46.6 Å². The Balaban J connectivity index is 2.80. The molecule has 68 valence electrons. The summed E-state index contributed by atoms with van der Waals surface area (Å²) in [7, 11) is 3.96. The van der Waals surface area contributed by atoms with Crippen LogP contribution in [0.3, 0.4) is 0 Å². The molecule has 0 aliphatic heterocycles. The Bertz CT molecular complexity index is 430. The predicted molar refractivity (Wildman–Crippen MR) is 53.9 cm³/mol. The van der Waals surface area contributed by atoms with Crippen molar-refractivity contribution in [3.63, 3.8) is 0 Å². The van der Waals surface area contributed by atoms with E-state index in [9.17, 15) is 0 Å². The minimum Gasteiger partial charge on any atom is -0.369 e. The van der Waals surface area contributed by atoms with Gasteiger partial charge in [-0.2, -0.15) is 0 Å². The van der Waals surface area contributed by atoms with E-state index in [2.05, 4.69) is 4.98 Å². The molecule has 0 saturated heterocycles. The van der Waals surface area contributed by atoms with Crippen molar-refractivity contribution in [3.05, 3.63) is 24.4 Å². The normalized spacial score (nSPS) is 10.6. The quantitative estimate of drug-likeness (QED) is 0.704. The van der Waals surface area contributed by atoms with Crippen LogP contribution in [0.2, 0.25) is 0 Å². The Morgan fingerprint density at radius 3 is 2.85 bits per heavy atom. The van der Waals surface area contributed by atoms with E-state index in [1.807, 2.05) is 41.6 Å². The molecule has 0 aliphatic rings. The molecule has 0 spiro atoms. The summed E-state index contributed by atoms with van der Waals surface area (Å²) in [6, 6.07) is 5.98. The van der Waals surface area contributed by atoms with Crippen molar-refractivity contribution in [1.82, 2.24) is 9.38 Å². The third-order valence-electron chi connectivity index (χ3n) is 2.02. The first-order valence-electron chi connectivity index (χ1n) is 4.09. The number of fused-ring (bicyclic) bond motifs is 1. The number of rotatable bonds is 1. The zero-order valence-electron chi connectivity index (χ0n) is 7.73. The van der Waals surface area contributed by atoms with Gasteiger partial charge in [-0.1, -0.05) is 6.07 Å². The van der Waals surface area contributed by atoms with Crippen LogP contribution in [0.1, 0.15) is 0 Å². The number of nitrogens with zero attached hydrogens (tertiary/aromatic N) is 3. The summed E-state index contributed by atoms with van der Waals surface area (Å²) >= 11 is 0. The Labute approximate surface area is 76.6 Å². The molecule has 13 heavy (non-hydrogen) atoms. The number of hydrogen-bond donors (Lipinski definition) is 1. The van der Waals surface area contributed by atoms with Gasteiger partial charge in [0.25, 0.3) is 0 Å². The highest BCUT2D eigenvalue weighted by molar-refractivity contribution is 5.59. The van der Waals surface area contributed by atoms with E-state index in [1.54, 1.807) is 6.20 Å². The van der Waals surface area contributed by atoms with Gasteiger partial charge in [0.1, 0.15) is 5.82 Å². The number of nitrogen functional groups attached to an aromatic ring is 1. The molecule has 0 fully saturated rings. The van der Waals surface area contributed by atoms with Gasteiger partial charge in [-0.15, -0.1) is 0 Å². The maximum absolute atomic E-state index is 5.74. The van der Waals surface area contributed by atoms with Gasteiger partial charge in [0.2, 0.25) is 5.95 Å². The first kappa shape index (κ1) is 7.91. The molecule has 2 aromatic heterocycles. The van der Waals surface area contributed by atoms with Gasteiger partial charge in [-0.25, -0.2) is 4.98 Å². The van der Waals surface area contributed by atoms with Crippen molar-refractivity contribution in [2.45, 2.75) is 0 Å². The highest BCUT2D eigenvalue weighted by Gasteiger charge is 2.04. The lowest BCUT2D eigenvalue weighted by Gasteiger charge is -2.14. The molecule has 0 unspecified atom stereocenters. The fourth-order valence-corrected chi connectivity index (χ4v) is 1.40. The Hall–Kier alpha value is -1.71. The van der Waals surface area contributed by atoms with Crippen LogP contribution in [-0.2, 0) is 0 Å². The van der Waals surface area contributed by atoms with Crippen molar-refractivity contribution in [3.8, 4) is 0 Å². The third-order valence-corrected chi connectivity index (χ3v) is 2.02. The second kappa shape index (κ2) is 2.65. The minimum atomic E-state index is 0.527. The Kier molecular flexibility index (Phi) is 1.62. The summed E-state index contributed by atoms with van der Waals surface area (Å²) < 4.78 is 1.92. The lowest BCUT2D eigenvalue weighted by molar-refractivity contribution is 1.03. The molecule has 0 saturated carbocycles. The molecule has 2 rings (SSSR count). The molecule has 4 heteroatoms. The van der Waals surface area contributed by atoms with Gasteiger partial charge in [0, 0.05) is 14.1 Å². The number of hydrogen-bond acceptors (Lipinski definition) is 3. The molecular formula is C9H12N4. The fraction of sp³-hybridized carbons (Fsp3) is 0.222. The van der Waals surface area contributed by atoms with Crippen molar-refractivity contribution in [2.24, 2.45) is 0 Å². The van der Waals surface area contributed by atoms with Gasteiger partial charge < -0.3 is 10.6 Å². The molecule has 0 aliphatic carbocycles. The maximum atomic E-state index is 5.74. The second-order valence-corrected chi connectivity index (χ2v) is 3.16. The summed E-state index contributed by atoms with van der Waals surface area (Å²) in [5.41, 5.74) is 6.76. The summed E-state index contributed by atoms with van der Waals surface area (Å²) in [6.45, 7) is 0. The first-order valence-corrected chi connectivity index (χ1v) is 4.09. The van der Waals surface area contributed by atoms with Gasteiger partial charge in [-0.3, -0.25) is 4.40 Å². The van der Waals surface area contributed by atoms with Crippen LogP contribution in [0, 0.1) is 0 Å². The zero-order valence-corrected chi connectivity index (χ0v) is 7.73. The van der Waals surface area contributed by atoms with E-state index in [0.29, 0.717) is 5.95 Å². The van der Waals surface area contributed by atoms with Crippen molar-refractivity contribution >= 4 is 17.3 Å². The van der Waals surface area contributed by atoms with E-state index in [4.69, 9.17) is 5.73 Å². The molecule has 2 aromatic rings. The fourth-order valence-electron chi connectivity index (χ4n) is 1.40. The van der Waals surface area contributed by atoms with Crippen molar-refractivity contribution < 1.29 is 0 Å². The van der Waals surface area contributed by atoms with Crippen LogP contribution in [0.5, 0.6) is 0 Å². The molecule has 2 heterocycles. The van der Waals surface area contributed by atoms with Gasteiger partial charge >= 0.3 is 0 Å². The van der Waals surface area contributed by atoms with Crippen molar-refractivity contribution in [2.75, 3.05) is 24.7 Å². The number of aromatic nitrogens is 2. The largest absolute Gasteiger partial charge is 0.369 e. The van der Waals surface area contributed by atoms with Crippen LogP contribution < -0.4 is 10.6 Å². The van der Waals surface area contributed by atoms with Crippen LogP contribution >= 0.6 is 0 Å². The molecule has 0 amide bonds.